The first-order chi connectivity index (χ1) is 7.96. The van der Waals surface area contributed by atoms with Crippen molar-refractivity contribution in [3.8, 4) is 0 Å². The maximum absolute atomic E-state index is 11.8. The molecule has 17 heavy (non-hydrogen) atoms. The lowest BCUT2D eigenvalue weighted by molar-refractivity contribution is -0.129. The lowest BCUT2D eigenvalue weighted by Crippen LogP contribution is -2.52. The molecular formula is C12H23N3O2. The lowest BCUT2D eigenvalue weighted by atomic mass is 9.98. The van der Waals surface area contributed by atoms with Gasteiger partial charge in [-0.2, -0.15) is 0 Å². The molecule has 98 valence electrons. The SMILES string of the molecule is CN(C)C(=O)CCCNC(=O)C1(N)CCCC1. The summed E-state index contributed by atoms with van der Waals surface area (Å²) in [4.78, 5) is 24.7. The normalized spacial score (nSPS) is 17.8. The number of rotatable bonds is 5. The van der Waals surface area contributed by atoms with Gasteiger partial charge in [-0.1, -0.05) is 12.8 Å². The van der Waals surface area contributed by atoms with E-state index in [4.69, 9.17) is 5.73 Å². The van der Waals surface area contributed by atoms with Crippen LogP contribution < -0.4 is 11.1 Å². The summed E-state index contributed by atoms with van der Waals surface area (Å²) in [7, 11) is 3.46. The van der Waals surface area contributed by atoms with E-state index in [0.717, 1.165) is 25.7 Å². The average Bonchev–Trinajstić information content (AvgIpc) is 2.72. The van der Waals surface area contributed by atoms with Gasteiger partial charge in [0.25, 0.3) is 0 Å². The molecule has 0 aromatic heterocycles. The topological polar surface area (TPSA) is 75.4 Å². The Hall–Kier alpha value is -1.10. The molecule has 0 bridgehead atoms. The van der Waals surface area contributed by atoms with Crippen LogP contribution in [0.15, 0.2) is 0 Å². The fourth-order valence-corrected chi connectivity index (χ4v) is 2.07. The van der Waals surface area contributed by atoms with E-state index < -0.39 is 5.54 Å². The van der Waals surface area contributed by atoms with Crippen molar-refractivity contribution in [1.82, 2.24) is 10.2 Å². The summed E-state index contributed by atoms with van der Waals surface area (Å²) >= 11 is 0. The molecule has 0 aliphatic heterocycles. The van der Waals surface area contributed by atoms with E-state index in [2.05, 4.69) is 5.32 Å². The minimum Gasteiger partial charge on any atom is -0.354 e. The summed E-state index contributed by atoms with van der Waals surface area (Å²) in [6.07, 6.45) is 4.74. The van der Waals surface area contributed by atoms with E-state index in [0.29, 0.717) is 19.4 Å². The molecule has 0 atom stereocenters. The second-order valence-corrected chi connectivity index (χ2v) is 5.01. The number of hydrogen-bond donors (Lipinski definition) is 2. The number of nitrogens with one attached hydrogen (secondary N) is 1. The molecule has 2 amide bonds. The molecule has 5 heteroatoms. The van der Waals surface area contributed by atoms with Crippen LogP contribution >= 0.6 is 0 Å². The van der Waals surface area contributed by atoms with Gasteiger partial charge in [-0.05, 0) is 19.3 Å². The van der Waals surface area contributed by atoms with Crippen molar-refractivity contribution in [1.29, 1.82) is 0 Å². The van der Waals surface area contributed by atoms with Gasteiger partial charge >= 0.3 is 0 Å². The molecule has 0 radical (unpaired) electrons. The summed E-state index contributed by atoms with van der Waals surface area (Å²) < 4.78 is 0. The number of carbonyl (C=O) groups excluding carboxylic acids is 2. The standard InChI is InChI=1S/C12H23N3O2/c1-15(2)10(16)6-5-9-14-11(17)12(13)7-3-4-8-12/h3-9,13H2,1-2H3,(H,14,17). The van der Waals surface area contributed by atoms with Gasteiger partial charge in [0.05, 0.1) is 5.54 Å². The highest BCUT2D eigenvalue weighted by Crippen LogP contribution is 2.27. The molecule has 1 rings (SSSR count). The third-order valence-corrected chi connectivity index (χ3v) is 3.30. The van der Waals surface area contributed by atoms with Gasteiger partial charge in [0, 0.05) is 27.1 Å². The number of nitrogens with zero attached hydrogens (tertiary/aromatic N) is 1. The zero-order chi connectivity index (χ0) is 12.9. The minimum absolute atomic E-state index is 0.0627. The van der Waals surface area contributed by atoms with Crippen LogP contribution in [0.3, 0.4) is 0 Å². The number of carbonyl (C=O) groups is 2. The van der Waals surface area contributed by atoms with Crippen LogP contribution in [0, 0.1) is 0 Å². The summed E-state index contributed by atoms with van der Waals surface area (Å²) in [5, 5.41) is 2.82. The molecular weight excluding hydrogens is 218 g/mol. The van der Waals surface area contributed by atoms with E-state index >= 15 is 0 Å². The molecule has 0 unspecified atom stereocenters. The van der Waals surface area contributed by atoms with Crippen molar-refractivity contribution in [2.24, 2.45) is 5.73 Å². The fourth-order valence-electron chi connectivity index (χ4n) is 2.07. The molecule has 0 spiro atoms. The molecule has 1 aliphatic rings. The summed E-state index contributed by atoms with van der Waals surface area (Å²) in [6, 6.07) is 0. The first kappa shape index (κ1) is 14.0. The van der Waals surface area contributed by atoms with Crippen molar-refractivity contribution in [3.05, 3.63) is 0 Å². The summed E-state index contributed by atoms with van der Waals surface area (Å²) in [5.41, 5.74) is 5.34. The maximum Gasteiger partial charge on any atom is 0.240 e. The van der Waals surface area contributed by atoms with Gasteiger partial charge in [-0.25, -0.2) is 0 Å². The molecule has 1 fully saturated rings. The van der Waals surface area contributed by atoms with Crippen LogP contribution in [0.5, 0.6) is 0 Å². The molecule has 0 aromatic rings. The van der Waals surface area contributed by atoms with Crippen molar-refractivity contribution < 1.29 is 9.59 Å². The predicted molar refractivity (Wildman–Crippen MR) is 66.3 cm³/mol. The second-order valence-electron chi connectivity index (χ2n) is 5.01. The molecule has 0 aromatic carbocycles. The van der Waals surface area contributed by atoms with Crippen LogP contribution in [0.1, 0.15) is 38.5 Å². The van der Waals surface area contributed by atoms with Crippen molar-refractivity contribution in [2.75, 3.05) is 20.6 Å². The third-order valence-electron chi connectivity index (χ3n) is 3.30. The Morgan fingerprint density at radius 3 is 2.41 bits per heavy atom. The largest absolute Gasteiger partial charge is 0.354 e. The minimum atomic E-state index is -0.661. The highest BCUT2D eigenvalue weighted by atomic mass is 16.2. The Kier molecular flexibility index (Phi) is 4.93. The first-order valence-electron chi connectivity index (χ1n) is 6.23. The zero-order valence-electron chi connectivity index (χ0n) is 10.8. The van der Waals surface area contributed by atoms with E-state index in [9.17, 15) is 9.59 Å². The Bertz CT molecular complexity index is 283. The Balaban J connectivity index is 2.18. The van der Waals surface area contributed by atoms with E-state index in [1.54, 1.807) is 19.0 Å². The first-order valence-corrected chi connectivity index (χ1v) is 6.23. The number of hydrogen-bond acceptors (Lipinski definition) is 3. The average molecular weight is 241 g/mol. The molecule has 1 saturated carbocycles. The van der Waals surface area contributed by atoms with Crippen LogP contribution in [0.4, 0.5) is 0 Å². The molecule has 1 aliphatic carbocycles. The zero-order valence-corrected chi connectivity index (χ0v) is 10.8. The highest BCUT2D eigenvalue weighted by Gasteiger charge is 2.36. The Labute approximate surface area is 103 Å². The quantitative estimate of drug-likeness (QED) is 0.677. The highest BCUT2D eigenvalue weighted by molar-refractivity contribution is 5.86. The van der Waals surface area contributed by atoms with Gasteiger partial charge < -0.3 is 16.0 Å². The molecule has 5 nitrogen and oxygen atoms in total. The van der Waals surface area contributed by atoms with Crippen LogP contribution in [0.25, 0.3) is 0 Å². The van der Waals surface area contributed by atoms with Crippen molar-refractivity contribution >= 4 is 11.8 Å². The second kappa shape index (κ2) is 6.00. The van der Waals surface area contributed by atoms with Crippen LogP contribution in [0.2, 0.25) is 0 Å². The molecule has 0 saturated heterocycles. The van der Waals surface area contributed by atoms with Crippen LogP contribution in [-0.2, 0) is 9.59 Å². The smallest absolute Gasteiger partial charge is 0.240 e. The van der Waals surface area contributed by atoms with Gasteiger partial charge in [-0.15, -0.1) is 0 Å². The van der Waals surface area contributed by atoms with Crippen molar-refractivity contribution in [3.63, 3.8) is 0 Å². The van der Waals surface area contributed by atoms with Gasteiger partial charge in [0.2, 0.25) is 11.8 Å². The summed E-state index contributed by atoms with van der Waals surface area (Å²) in [5.74, 6) is 0.0230. The third kappa shape index (κ3) is 4.00. The Morgan fingerprint density at radius 2 is 1.88 bits per heavy atom. The van der Waals surface area contributed by atoms with Crippen molar-refractivity contribution in [2.45, 2.75) is 44.1 Å². The fraction of sp³-hybridized carbons (Fsp3) is 0.833. The number of nitrogens with two attached hydrogens (primary N) is 1. The van der Waals surface area contributed by atoms with Gasteiger partial charge in [-0.3, -0.25) is 9.59 Å². The monoisotopic (exact) mass is 241 g/mol. The maximum atomic E-state index is 11.8. The summed E-state index contributed by atoms with van der Waals surface area (Å²) in [6.45, 7) is 0.525. The van der Waals surface area contributed by atoms with Gasteiger partial charge in [0.1, 0.15) is 0 Å². The van der Waals surface area contributed by atoms with Crippen LogP contribution in [-0.4, -0.2) is 42.9 Å². The number of amides is 2. The molecule has 0 heterocycles. The van der Waals surface area contributed by atoms with E-state index in [1.807, 2.05) is 0 Å². The van der Waals surface area contributed by atoms with E-state index in [1.165, 1.54) is 0 Å². The lowest BCUT2D eigenvalue weighted by Gasteiger charge is -2.22. The Morgan fingerprint density at radius 1 is 1.29 bits per heavy atom. The predicted octanol–water partition coefficient (Wildman–Crippen LogP) is 0.243. The van der Waals surface area contributed by atoms with Gasteiger partial charge in [0.15, 0.2) is 0 Å². The molecule has 3 N–H and O–H groups in total. The van der Waals surface area contributed by atoms with E-state index in [-0.39, 0.29) is 11.8 Å².